The molecule has 3 aromatic rings. The topological polar surface area (TPSA) is 70.2 Å². The number of piperidine rings is 1. The standard InChI is InChI=1S/C33H41N3O2S.C2H6/c1-23-12-15-28(36-39(6,38)29-16-13-26(14-17-29)33(3,4)5)22-30(23)31(25-10-8-7-9-11-25)24(2)32(37)35-27-18-20-34-21-19-27;1-2/h7-17,22,27,34H,6,18-21H2,1-5H3,(H,35,37)(H,36,38);1-2H3/b31-24+;. The van der Waals surface area contributed by atoms with E-state index in [1.54, 1.807) is 0 Å². The van der Waals surface area contributed by atoms with Gasteiger partial charge in [0.1, 0.15) is 0 Å². The van der Waals surface area contributed by atoms with Gasteiger partial charge in [0.15, 0.2) is 0 Å². The molecule has 1 amide bonds. The molecule has 5 nitrogen and oxygen atoms in total. The predicted octanol–water partition coefficient (Wildman–Crippen LogP) is 7.11. The Labute approximate surface area is 248 Å². The summed E-state index contributed by atoms with van der Waals surface area (Å²) in [5.41, 5.74) is 6.31. The number of nitrogens with one attached hydrogen (secondary N) is 3. The van der Waals surface area contributed by atoms with Crippen LogP contribution < -0.4 is 15.4 Å². The third-order valence-corrected chi connectivity index (χ3v) is 8.94. The summed E-state index contributed by atoms with van der Waals surface area (Å²) >= 11 is 0. The van der Waals surface area contributed by atoms with Crippen molar-refractivity contribution < 1.29 is 9.00 Å². The second-order valence-electron chi connectivity index (χ2n) is 11.4. The van der Waals surface area contributed by atoms with E-state index < -0.39 is 9.71 Å². The van der Waals surface area contributed by atoms with Gasteiger partial charge in [-0.1, -0.05) is 83.1 Å². The van der Waals surface area contributed by atoms with Gasteiger partial charge >= 0.3 is 0 Å². The van der Waals surface area contributed by atoms with Crippen molar-refractivity contribution >= 4 is 32.7 Å². The minimum atomic E-state index is -2.80. The zero-order valence-electron chi connectivity index (χ0n) is 25.8. The second kappa shape index (κ2) is 14.0. The molecule has 41 heavy (non-hydrogen) atoms. The van der Waals surface area contributed by atoms with Gasteiger partial charge in [-0.05, 0) is 103 Å². The average molecular weight is 574 g/mol. The third-order valence-electron chi connectivity index (χ3n) is 7.34. The first-order valence-electron chi connectivity index (χ1n) is 14.6. The van der Waals surface area contributed by atoms with Gasteiger partial charge in [-0.25, -0.2) is 4.21 Å². The van der Waals surface area contributed by atoms with Crippen molar-refractivity contribution in [2.45, 2.75) is 77.7 Å². The van der Waals surface area contributed by atoms with Crippen molar-refractivity contribution in [1.82, 2.24) is 10.6 Å². The Kier molecular flexibility index (Phi) is 11.0. The van der Waals surface area contributed by atoms with Crippen LogP contribution >= 0.6 is 0 Å². The van der Waals surface area contributed by atoms with Gasteiger partial charge < -0.3 is 15.4 Å². The molecule has 0 aromatic heterocycles. The minimum absolute atomic E-state index is 0.0120. The van der Waals surface area contributed by atoms with Gasteiger partial charge in [-0.2, -0.15) is 0 Å². The molecule has 3 N–H and O–H groups in total. The summed E-state index contributed by atoms with van der Waals surface area (Å²) in [4.78, 5) is 14.1. The number of hydrogen-bond donors (Lipinski definition) is 3. The molecule has 1 fully saturated rings. The first kappa shape index (κ1) is 32.2. The monoisotopic (exact) mass is 573 g/mol. The molecule has 0 bridgehead atoms. The molecule has 3 aromatic carbocycles. The molecule has 1 aliphatic rings. The molecule has 0 spiro atoms. The Hall–Kier alpha value is -3.35. The molecule has 1 atom stereocenters. The summed E-state index contributed by atoms with van der Waals surface area (Å²) in [6.45, 7) is 16.2. The summed E-state index contributed by atoms with van der Waals surface area (Å²) in [6, 6.07) is 23.9. The highest BCUT2D eigenvalue weighted by Gasteiger charge is 2.21. The van der Waals surface area contributed by atoms with Crippen LogP contribution in [-0.4, -0.2) is 35.1 Å². The Bertz CT molecular complexity index is 1450. The molecule has 4 rings (SSSR count). The molecule has 6 heteroatoms. The van der Waals surface area contributed by atoms with Crippen molar-refractivity contribution in [3.63, 3.8) is 0 Å². The van der Waals surface area contributed by atoms with Crippen molar-refractivity contribution in [3.8, 4) is 0 Å². The average Bonchev–Trinajstić information content (AvgIpc) is 2.96. The van der Waals surface area contributed by atoms with Crippen LogP contribution in [0.25, 0.3) is 5.57 Å². The molecule has 0 aliphatic carbocycles. The van der Waals surface area contributed by atoms with Gasteiger partial charge in [0.25, 0.3) is 0 Å². The lowest BCUT2D eigenvalue weighted by molar-refractivity contribution is -0.118. The van der Waals surface area contributed by atoms with Gasteiger partial charge in [-0.15, -0.1) is 0 Å². The van der Waals surface area contributed by atoms with E-state index >= 15 is 0 Å². The maximum absolute atomic E-state index is 13.7. The van der Waals surface area contributed by atoms with Gasteiger partial charge in [0, 0.05) is 22.2 Å². The van der Waals surface area contributed by atoms with E-state index in [9.17, 15) is 9.00 Å². The van der Waals surface area contributed by atoms with Crippen LogP contribution in [-0.2, 0) is 19.9 Å². The molecule has 1 heterocycles. The molecule has 1 saturated heterocycles. The number of benzene rings is 3. The van der Waals surface area contributed by atoms with E-state index in [4.69, 9.17) is 0 Å². The summed E-state index contributed by atoms with van der Waals surface area (Å²) in [6.07, 6.45) is 1.85. The van der Waals surface area contributed by atoms with Crippen LogP contribution in [0.2, 0.25) is 0 Å². The van der Waals surface area contributed by atoms with Crippen LogP contribution in [0.1, 0.15) is 76.6 Å². The van der Waals surface area contributed by atoms with Crippen LogP contribution in [0, 0.1) is 6.92 Å². The third kappa shape index (κ3) is 8.34. The number of anilines is 1. The fourth-order valence-electron chi connectivity index (χ4n) is 4.93. The Morgan fingerprint density at radius 2 is 1.56 bits per heavy atom. The normalized spacial score (nSPS) is 16.0. The van der Waals surface area contributed by atoms with Gasteiger partial charge in [-0.3, -0.25) is 4.79 Å². The van der Waals surface area contributed by atoms with E-state index in [1.165, 1.54) is 5.56 Å². The van der Waals surface area contributed by atoms with Crippen molar-refractivity contribution in [3.05, 3.63) is 101 Å². The van der Waals surface area contributed by atoms with Crippen LogP contribution in [0.15, 0.2) is 83.3 Å². The van der Waals surface area contributed by atoms with E-state index in [2.05, 4.69) is 42.0 Å². The highest BCUT2D eigenvalue weighted by Crippen LogP contribution is 2.32. The van der Waals surface area contributed by atoms with Crippen LogP contribution in [0.5, 0.6) is 0 Å². The predicted molar refractivity (Wildman–Crippen MR) is 177 cm³/mol. The largest absolute Gasteiger partial charge is 0.349 e. The van der Waals surface area contributed by atoms with E-state index in [0.717, 1.165) is 48.2 Å². The lowest BCUT2D eigenvalue weighted by atomic mass is 9.87. The fourth-order valence-corrected chi connectivity index (χ4v) is 6.13. The SMILES string of the molecule is C=S(=O)(Nc1ccc(C)c(/C(=C(\C)C(=O)NC2CCNCC2)c2ccccc2)c1)c1ccc(C(C)(C)C)cc1.CC. The Morgan fingerprint density at radius 1 is 0.951 bits per heavy atom. The summed E-state index contributed by atoms with van der Waals surface area (Å²) in [5.74, 6) is 3.99. The number of rotatable bonds is 7. The van der Waals surface area contributed by atoms with Crippen molar-refractivity contribution in [2.24, 2.45) is 0 Å². The van der Waals surface area contributed by atoms with Crippen molar-refractivity contribution in [2.75, 3.05) is 17.8 Å². The Balaban J connectivity index is 0.00000226. The molecule has 0 saturated carbocycles. The van der Waals surface area contributed by atoms with Crippen LogP contribution in [0.4, 0.5) is 5.69 Å². The summed E-state index contributed by atoms with van der Waals surface area (Å²) in [7, 11) is -2.80. The number of carbonyl (C=O) groups is 1. The second-order valence-corrected chi connectivity index (χ2v) is 13.5. The summed E-state index contributed by atoms with van der Waals surface area (Å²) in [5, 5.41) is 6.59. The van der Waals surface area contributed by atoms with E-state index in [1.807, 2.05) is 100 Å². The lowest BCUT2D eigenvalue weighted by Crippen LogP contribution is -2.43. The number of hydrogen-bond acceptors (Lipinski definition) is 3. The smallest absolute Gasteiger partial charge is 0.247 e. The molecule has 0 radical (unpaired) electrons. The molecular weight excluding hydrogens is 526 g/mol. The van der Waals surface area contributed by atoms with Crippen LogP contribution in [0.3, 0.4) is 0 Å². The quantitative estimate of drug-likeness (QED) is 0.208. The number of aryl methyl sites for hydroxylation is 1. The maximum Gasteiger partial charge on any atom is 0.247 e. The fraction of sp³-hybridized carbons (Fsp3) is 0.371. The number of carbonyl (C=O) groups excluding carboxylic acids is 1. The zero-order valence-corrected chi connectivity index (χ0v) is 26.6. The van der Waals surface area contributed by atoms with E-state index in [0.29, 0.717) is 16.2 Å². The van der Waals surface area contributed by atoms with Crippen molar-refractivity contribution in [1.29, 1.82) is 0 Å². The molecular formula is C35H47N3O2S. The molecule has 1 unspecified atom stereocenters. The van der Waals surface area contributed by atoms with E-state index in [-0.39, 0.29) is 17.4 Å². The first-order valence-corrected chi connectivity index (χ1v) is 16.3. The first-order chi connectivity index (χ1) is 19.5. The zero-order chi connectivity index (χ0) is 30.2. The molecule has 220 valence electrons. The summed E-state index contributed by atoms with van der Waals surface area (Å²) < 4.78 is 16.9. The number of amides is 1. The highest BCUT2D eigenvalue weighted by molar-refractivity contribution is 8.01. The van der Waals surface area contributed by atoms with Gasteiger partial charge in [0.2, 0.25) is 5.91 Å². The lowest BCUT2D eigenvalue weighted by Gasteiger charge is -2.25. The maximum atomic E-state index is 13.7. The Morgan fingerprint density at radius 3 is 2.15 bits per heavy atom. The van der Waals surface area contributed by atoms with Gasteiger partial charge in [0.05, 0.1) is 9.71 Å². The molecule has 1 aliphatic heterocycles. The highest BCUT2D eigenvalue weighted by atomic mass is 32.2. The minimum Gasteiger partial charge on any atom is -0.349 e.